The van der Waals surface area contributed by atoms with E-state index in [1.165, 1.54) is 0 Å². The van der Waals surface area contributed by atoms with Gasteiger partial charge in [-0.25, -0.2) is 9.78 Å². The Hall–Kier alpha value is -2.36. The summed E-state index contributed by atoms with van der Waals surface area (Å²) in [6.07, 6.45) is 3.11. The van der Waals surface area contributed by atoms with Crippen molar-refractivity contribution in [1.82, 2.24) is 14.7 Å². The molecule has 1 amide bonds. The van der Waals surface area contributed by atoms with Crippen LogP contribution in [0.1, 0.15) is 64.4 Å². The van der Waals surface area contributed by atoms with Gasteiger partial charge in [0.1, 0.15) is 11.9 Å². The molecule has 3 rings (SSSR count). The molecule has 36 heavy (non-hydrogen) atoms. The van der Waals surface area contributed by atoms with E-state index in [4.69, 9.17) is 21.1 Å². The number of nitrogens with zero attached hydrogens (tertiary/aromatic N) is 2. The minimum atomic E-state index is -1.19. The quantitative estimate of drug-likeness (QED) is 0.277. The molecule has 2 aromatic rings. The highest BCUT2D eigenvalue weighted by Crippen LogP contribution is 2.37. The number of hydrogen-bond acceptors (Lipinski definition) is 6. The number of aromatic nitrogens is 2. The van der Waals surface area contributed by atoms with Crippen LogP contribution in [-0.2, 0) is 20.7 Å². The number of imidazole rings is 1. The summed E-state index contributed by atoms with van der Waals surface area (Å²) in [4.78, 5) is 28.5. The molecule has 0 bridgehead atoms. The number of fused-ring (bicyclic) bond motifs is 1. The van der Waals surface area contributed by atoms with Crippen molar-refractivity contribution < 1.29 is 29.3 Å². The summed E-state index contributed by atoms with van der Waals surface area (Å²) in [6, 6.07) is 1.09. The Morgan fingerprint density at radius 3 is 2.67 bits per heavy atom. The SMILES string of the molecule is COCCCc1ncc2c(Cl)cc(C(O)C(CC(NC(=O)O)C3CC(C(C)C)C(=O)O3)C(C)C)cn12. The summed E-state index contributed by atoms with van der Waals surface area (Å²) in [5.41, 5.74) is 1.37. The largest absolute Gasteiger partial charge is 0.465 e. The van der Waals surface area contributed by atoms with Crippen LogP contribution in [0.25, 0.3) is 5.52 Å². The van der Waals surface area contributed by atoms with Crippen molar-refractivity contribution in [2.24, 2.45) is 23.7 Å². The lowest BCUT2D eigenvalue weighted by atomic mass is 9.80. The second-order valence-electron chi connectivity index (χ2n) is 10.4. The third kappa shape index (κ3) is 6.49. The monoisotopic (exact) mass is 523 g/mol. The summed E-state index contributed by atoms with van der Waals surface area (Å²) in [6.45, 7) is 8.48. The zero-order chi connectivity index (χ0) is 26.6. The Morgan fingerprint density at radius 2 is 2.08 bits per heavy atom. The van der Waals surface area contributed by atoms with Gasteiger partial charge < -0.3 is 29.4 Å². The summed E-state index contributed by atoms with van der Waals surface area (Å²) in [5, 5.41) is 24.0. The van der Waals surface area contributed by atoms with Gasteiger partial charge in [0.15, 0.2) is 0 Å². The maximum atomic E-state index is 12.4. The van der Waals surface area contributed by atoms with Gasteiger partial charge >= 0.3 is 12.1 Å². The van der Waals surface area contributed by atoms with E-state index in [0.717, 1.165) is 17.8 Å². The maximum absolute atomic E-state index is 12.4. The van der Waals surface area contributed by atoms with Crippen LogP contribution in [0.5, 0.6) is 0 Å². The molecule has 0 aliphatic carbocycles. The molecule has 1 saturated heterocycles. The van der Waals surface area contributed by atoms with Gasteiger partial charge in [0.25, 0.3) is 0 Å². The third-order valence-corrected chi connectivity index (χ3v) is 7.49. The number of carbonyl (C=O) groups excluding carboxylic acids is 1. The van der Waals surface area contributed by atoms with E-state index in [-0.39, 0.29) is 29.6 Å². The number of aliphatic hydroxyl groups is 1. The number of carbonyl (C=O) groups is 2. The molecule has 2 aromatic heterocycles. The van der Waals surface area contributed by atoms with E-state index >= 15 is 0 Å². The number of methoxy groups -OCH3 is 1. The number of rotatable bonds is 12. The summed E-state index contributed by atoms with van der Waals surface area (Å²) < 4.78 is 12.6. The van der Waals surface area contributed by atoms with E-state index in [2.05, 4.69) is 10.3 Å². The number of cyclic esters (lactones) is 1. The molecule has 0 aromatic carbocycles. The molecular weight excluding hydrogens is 486 g/mol. The minimum absolute atomic E-state index is 0.00882. The zero-order valence-corrected chi connectivity index (χ0v) is 22.4. The van der Waals surface area contributed by atoms with Crippen molar-refractivity contribution in [1.29, 1.82) is 0 Å². The normalized spacial score (nSPS) is 20.6. The van der Waals surface area contributed by atoms with Crippen molar-refractivity contribution in [3.05, 3.63) is 34.9 Å². The summed E-state index contributed by atoms with van der Waals surface area (Å²) >= 11 is 6.56. The Balaban J connectivity index is 1.87. The van der Waals surface area contributed by atoms with Crippen LogP contribution < -0.4 is 5.32 Å². The highest BCUT2D eigenvalue weighted by molar-refractivity contribution is 6.33. The number of aliphatic hydroxyl groups excluding tert-OH is 1. The Bertz CT molecular complexity index is 1060. The lowest BCUT2D eigenvalue weighted by Gasteiger charge is -2.32. The van der Waals surface area contributed by atoms with Crippen LogP contribution >= 0.6 is 11.6 Å². The molecular formula is C26H38ClN3O6. The number of pyridine rings is 1. The van der Waals surface area contributed by atoms with Crippen molar-refractivity contribution in [2.45, 2.75) is 71.6 Å². The number of hydrogen-bond donors (Lipinski definition) is 3. The van der Waals surface area contributed by atoms with Gasteiger partial charge in [0.2, 0.25) is 0 Å². The van der Waals surface area contributed by atoms with Gasteiger partial charge in [-0.2, -0.15) is 0 Å². The first-order valence-corrected chi connectivity index (χ1v) is 12.9. The predicted octanol–water partition coefficient (Wildman–Crippen LogP) is 4.49. The van der Waals surface area contributed by atoms with Crippen molar-refractivity contribution in [2.75, 3.05) is 13.7 Å². The molecule has 1 aliphatic rings. The Labute approximate surface area is 217 Å². The summed E-state index contributed by atoms with van der Waals surface area (Å²) in [7, 11) is 1.66. The standard InChI is InChI=1S/C26H38ClN3O6/c1-14(2)17(10-20(29-26(33)34)22-11-18(15(3)4)25(32)36-22)24(31)16-9-19(27)21-12-28-23(30(21)13-16)7-6-8-35-5/h9,12-15,17-18,20,22,24,29,31H,6-8,10-11H2,1-5H3,(H,33,34). The van der Waals surface area contributed by atoms with E-state index in [9.17, 15) is 19.8 Å². The number of halogens is 1. The van der Waals surface area contributed by atoms with E-state index < -0.39 is 24.3 Å². The van der Waals surface area contributed by atoms with E-state index in [0.29, 0.717) is 36.5 Å². The lowest BCUT2D eigenvalue weighted by molar-refractivity contribution is -0.146. The highest BCUT2D eigenvalue weighted by Gasteiger charge is 2.42. The minimum Gasteiger partial charge on any atom is -0.465 e. The van der Waals surface area contributed by atoms with Gasteiger partial charge in [-0.05, 0) is 48.6 Å². The molecule has 3 N–H and O–H groups in total. The molecule has 3 heterocycles. The molecule has 10 heteroatoms. The number of esters is 1. The van der Waals surface area contributed by atoms with Crippen LogP contribution in [0.2, 0.25) is 5.02 Å². The molecule has 200 valence electrons. The van der Waals surface area contributed by atoms with Gasteiger partial charge in [0.05, 0.1) is 34.8 Å². The van der Waals surface area contributed by atoms with Crippen molar-refractivity contribution in [3.8, 4) is 0 Å². The molecule has 0 saturated carbocycles. The van der Waals surface area contributed by atoms with Crippen LogP contribution in [0, 0.1) is 23.7 Å². The van der Waals surface area contributed by atoms with E-state index in [1.807, 2.05) is 38.3 Å². The van der Waals surface area contributed by atoms with Crippen molar-refractivity contribution in [3.63, 3.8) is 0 Å². The van der Waals surface area contributed by atoms with Crippen LogP contribution in [0.3, 0.4) is 0 Å². The van der Waals surface area contributed by atoms with Gasteiger partial charge in [-0.3, -0.25) is 4.79 Å². The first-order chi connectivity index (χ1) is 17.0. The molecule has 0 radical (unpaired) electrons. The van der Waals surface area contributed by atoms with E-state index in [1.54, 1.807) is 19.4 Å². The predicted molar refractivity (Wildman–Crippen MR) is 136 cm³/mol. The topological polar surface area (TPSA) is 122 Å². The first-order valence-electron chi connectivity index (χ1n) is 12.6. The smallest absolute Gasteiger partial charge is 0.405 e. The van der Waals surface area contributed by atoms with Gasteiger partial charge in [0, 0.05) is 26.3 Å². The lowest BCUT2D eigenvalue weighted by Crippen LogP contribution is -2.45. The molecule has 0 spiro atoms. The average Bonchev–Trinajstić information content (AvgIpc) is 3.39. The summed E-state index contributed by atoms with van der Waals surface area (Å²) in [5.74, 6) is 0.0348. The molecule has 1 fully saturated rings. The fourth-order valence-electron chi connectivity index (χ4n) is 5.04. The van der Waals surface area contributed by atoms with Crippen molar-refractivity contribution >= 4 is 29.2 Å². The van der Waals surface area contributed by atoms with Gasteiger partial charge in [-0.1, -0.05) is 39.3 Å². The van der Waals surface area contributed by atoms with Gasteiger partial charge in [-0.15, -0.1) is 0 Å². The fourth-order valence-corrected chi connectivity index (χ4v) is 5.30. The Morgan fingerprint density at radius 1 is 1.36 bits per heavy atom. The molecule has 9 nitrogen and oxygen atoms in total. The Kier molecular flexibility index (Phi) is 9.60. The zero-order valence-electron chi connectivity index (χ0n) is 21.6. The number of nitrogens with one attached hydrogen (secondary N) is 1. The second kappa shape index (κ2) is 12.3. The van der Waals surface area contributed by atoms with Crippen LogP contribution in [-0.4, -0.2) is 57.5 Å². The molecule has 5 atom stereocenters. The third-order valence-electron chi connectivity index (χ3n) is 7.19. The first kappa shape index (κ1) is 28.2. The number of amides is 1. The van der Waals surface area contributed by atoms with Crippen LogP contribution in [0.4, 0.5) is 4.79 Å². The highest BCUT2D eigenvalue weighted by atomic mass is 35.5. The maximum Gasteiger partial charge on any atom is 0.405 e. The van der Waals surface area contributed by atoms with Crippen LogP contribution in [0.15, 0.2) is 18.5 Å². The average molecular weight is 524 g/mol. The number of ether oxygens (including phenoxy) is 2. The number of carboxylic acid groups (broad SMARTS) is 1. The number of aryl methyl sites for hydroxylation is 1. The second-order valence-corrected chi connectivity index (χ2v) is 10.8. The fraction of sp³-hybridized carbons (Fsp3) is 0.654. The molecule has 5 unspecified atom stereocenters. The molecule has 1 aliphatic heterocycles.